The fourth-order valence-electron chi connectivity index (χ4n) is 2.34. The van der Waals surface area contributed by atoms with Gasteiger partial charge >= 0.3 is 13.6 Å². The molecule has 0 saturated carbocycles. The van der Waals surface area contributed by atoms with Crippen LogP contribution < -0.4 is 0 Å². The van der Waals surface area contributed by atoms with Crippen molar-refractivity contribution in [3.63, 3.8) is 0 Å². The normalized spacial score (nSPS) is 30.4. The van der Waals surface area contributed by atoms with Crippen molar-refractivity contribution in [1.29, 1.82) is 0 Å². The lowest BCUT2D eigenvalue weighted by Gasteiger charge is -2.29. The van der Waals surface area contributed by atoms with E-state index >= 15 is 0 Å². The highest BCUT2D eigenvalue weighted by Gasteiger charge is 2.58. The molecular weight excluding hydrogens is 306 g/mol. The van der Waals surface area contributed by atoms with E-state index in [-0.39, 0.29) is 19.4 Å². The third-order valence-electron chi connectivity index (χ3n) is 3.03. The molecule has 1 heterocycles. The predicted molar refractivity (Wildman–Crippen MR) is 74.3 cm³/mol. The van der Waals surface area contributed by atoms with Gasteiger partial charge in [-0.15, -0.1) is 0 Å². The zero-order valence-electron chi connectivity index (χ0n) is 12.2. The zero-order chi connectivity index (χ0) is 15.4. The number of ether oxygens (including phenoxy) is 1. The number of carbonyl (C=O) groups excluding carboxylic acids is 1. The maximum absolute atomic E-state index is 12.9. The predicted octanol–water partition coefficient (Wildman–Crippen LogP) is 2.84. The van der Waals surface area contributed by atoms with Gasteiger partial charge in [0.05, 0.1) is 13.2 Å². The van der Waals surface area contributed by atoms with Crippen LogP contribution in [0.1, 0.15) is 27.2 Å². The summed E-state index contributed by atoms with van der Waals surface area (Å²) in [5, 5.41) is -1.05. The molecule has 0 N–H and O–H groups in total. The Morgan fingerprint density at radius 2 is 1.85 bits per heavy atom. The van der Waals surface area contributed by atoms with Gasteiger partial charge in [0, 0.05) is 20.2 Å². The van der Waals surface area contributed by atoms with Crippen LogP contribution in [0, 0.1) is 0 Å². The van der Waals surface area contributed by atoms with Gasteiger partial charge in [0.1, 0.15) is 6.10 Å². The first-order valence-corrected chi connectivity index (χ1v) is 10.0. The van der Waals surface area contributed by atoms with Crippen molar-refractivity contribution in [3.05, 3.63) is 0 Å². The van der Waals surface area contributed by atoms with Gasteiger partial charge in [0.15, 0.2) is 5.40 Å². The number of hydrogen-bond donors (Lipinski definition) is 0. The molecular formula is C11H22O7P2. The number of carbonyl (C=O) groups is 1. The highest BCUT2D eigenvalue weighted by atomic mass is 31.2. The van der Waals surface area contributed by atoms with E-state index in [4.69, 9.17) is 18.3 Å². The molecule has 0 spiro atoms. The Bertz CT molecular complexity index is 426. The van der Waals surface area contributed by atoms with Crippen LogP contribution in [0.5, 0.6) is 0 Å². The van der Waals surface area contributed by atoms with E-state index in [2.05, 4.69) is 0 Å². The number of esters is 1. The van der Waals surface area contributed by atoms with E-state index < -0.39 is 32.4 Å². The number of rotatable bonds is 7. The Balaban J connectivity index is 3.17. The Morgan fingerprint density at radius 1 is 1.30 bits per heavy atom. The van der Waals surface area contributed by atoms with Crippen molar-refractivity contribution in [2.24, 2.45) is 0 Å². The van der Waals surface area contributed by atoms with Crippen LogP contribution in [0.25, 0.3) is 0 Å². The van der Waals surface area contributed by atoms with Crippen molar-refractivity contribution < 1.29 is 32.2 Å². The van der Waals surface area contributed by atoms with Gasteiger partial charge in [-0.1, -0.05) is 0 Å². The molecule has 1 aliphatic heterocycles. The lowest BCUT2D eigenvalue weighted by atomic mass is 10.3. The van der Waals surface area contributed by atoms with Crippen molar-refractivity contribution in [3.8, 4) is 0 Å². The van der Waals surface area contributed by atoms with Gasteiger partial charge in [-0.2, -0.15) is 0 Å². The minimum absolute atomic E-state index is 0.143. The van der Waals surface area contributed by atoms with Gasteiger partial charge in [-0.25, -0.2) is 0 Å². The lowest BCUT2D eigenvalue weighted by Crippen LogP contribution is -2.27. The molecule has 0 aromatic carbocycles. The Kier molecular flexibility index (Phi) is 6.42. The molecule has 9 heteroatoms. The molecule has 0 amide bonds. The minimum atomic E-state index is -3.68. The van der Waals surface area contributed by atoms with Gasteiger partial charge in [0.25, 0.3) is 0 Å². The summed E-state index contributed by atoms with van der Waals surface area (Å²) in [6.07, 6.45) is -0.266. The quantitative estimate of drug-likeness (QED) is 0.524. The van der Waals surface area contributed by atoms with Gasteiger partial charge in [-0.05, 0) is 20.3 Å². The van der Waals surface area contributed by atoms with E-state index in [0.29, 0.717) is 6.42 Å². The standard InChI is InChI=1S/C11H22O7P2/c1-5-16-20(14,17-6-2)11-10(18-9(3)12)7-8-19(11,13)15-4/h10-11H,5-8H2,1-4H3. The molecule has 0 aromatic rings. The van der Waals surface area contributed by atoms with E-state index in [0.717, 1.165) is 0 Å². The first-order chi connectivity index (χ1) is 9.33. The van der Waals surface area contributed by atoms with Gasteiger partial charge in [-0.3, -0.25) is 13.9 Å². The second-order valence-corrected chi connectivity index (χ2v) is 9.74. The summed E-state index contributed by atoms with van der Waals surface area (Å²) in [4.78, 5) is 11.2. The molecule has 1 fully saturated rings. The summed E-state index contributed by atoms with van der Waals surface area (Å²) < 4.78 is 46.4. The van der Waals surface area contributed by atoms with Crippen LogP contribution in [0.2, 0.25) is 0 Å². The monoisotopic (exact) mass is 328 g/mol. The lowest BCUT2D eigenvalue weighted by molar-refractivity contribution is -0.145. The first kappa shape index (κ1) is 17.9. The van der Waals surface area contributed by atoms with Crippen LogP contribution in [0.15, 0.2) is 0 Å². The summed E-state index contributed by atoms with van der Waals surface area (Å²) in [6, 6.07) is 0. The molecule has 0 aromatic heterocycles. The summed E-state index contributed by atoms with van der Waals surface area (Å²) >= 11 is 0. The van der Waals surface area contributed by atoms with Crippen LogP contribution in [-0.4, -0.2) is 44.0 Å². The molecule has 0 radical (unpaired) electrons. The molecule has 3 atom stereocenters. The van der Waals surface area contributed by atoms with Crippen LogP contribution in [0.3, 0.4) is 0 Å². The average Bonchev–Trinajstić information content (AvgIpc) is 2.68. The highest BCUT2D eigenvalue weighted by molar-refractivity contribution is 7.75. The second kappa shape index (κ2) is 7.19. The smallest absolute Gasteiger partial charge is 0.347 e. The highest BCUT2D eigenvalue weighted by Crippen LogP contribution is 2.74. The fraction of sp³-hybridized carbons (Fsp3) is 0.909. The zero-order valence-corrected chi connectivity index (χ0v) is 14.0. The minimum Gasteiger partial charge on any atom is -0.461 e. The molecule has 3 unspecified atom stereocenters. The summed E-state index contributed by atoms with van der Waals surface area (Å²) in [5.74, 6) is -0.524. The largest absolute Gasteiger partial charge is 0.461 e. The van der Waals surface area contributed by atoms with E-state index in [1.807, 2.05) is 0 Å². The molecule has 118 valence electrons. The van der Waals surface area contributed by atoms with Crippen molar-refractivity contribution >= 4 is 20.9 Å². The Morgan fingerprint density at radius 3 is 2.25 bits per heavy atom. The fourth-order valence-corrected chi connectivity index (χ4v) is 8.81. The molecule has 1 saturated heterocycles. The molecule has 0 aliphatic carbocycles. The maximum atomic E-state index is 12.9. The topological polar surface area (TPSA) is 88.1 Å². The molecule has 20 heavy (non-hydrogen) atoms. The van der Waals surface area contributed by atoms with Crippen LogP contribution >= 0.6 is 15.0 Å². The second-order valence-electron chi connectivity index (χ2n) is 4.36. The molecule has 1 aliphatic rings. The van der Waals surface area contributed by atoms with Crippen LogP contribution in [0.4, 0.5) is 0 Å². The van der Waals surface area contributed by atoms with E-state index in [9.17, 15) is 13.9 Å². The Hall–Kier alpha value is -0.190. The maximum Gasteiger partial charge on any atom is 0.347 e. The summed E-state index contributed by atoms with van der Waals surface area (Å²) in [5.41, 5.74) is 0. The van der Waals surface area contributed by atoms with E-state index in [1.165, 1.54) is 14.0 Å². The SMILES string of the molecule is CCOP(=O)(OCC)C1C(OC(C)=O)CCP1(=O)OC. The third-order valence-corrected chi connectivity index (χ3v) is 9.79. The third kappa shape index (κ3) is 3.71. The van der Waals surface area contributed by atoms with Crippen molar-refractivity contribution in [2.75, 3.05) is 26.5 Å². The molecule has 0 bridgehead atoms. The van der Waals surface area contributed by atoms with Gasteiger partial charge in [0.2, 0.25) is 7.37 Å². The summed E-state index contributed by atoms with van der Waals surface area (Å²) in [6.45, 7) is 4.87. The molecule has 1 rings (SSSR count). The summed E-state index contributed by atoms with van der Waals surface area (Å²) in [7, 11) is -5.63. The molecule has 7 nitrogen and oxygen atoms in total. The number of hydrogen-bond acceptors (Lipinski definition) is 7. The first-order valence-electron chi connectivity index (χ1n) is 6.53. The Labute approximate surface area is 119 Å². The van der Waals surface area contributed by atoms with Crippen LogP contribution in [-0.2, 0) is 32.2 Å². The average molecular weight is 328 g/mol. The van der Waals surface area contributed by atoms with Gasteiger partial charge < -0.3 is 18.3 Å². The van der Waals surface area contributed by atoms with E-state index in [1.54, 1.807) is 13.8 Å². The van der Waals surface area contributed by atoms with Crippen molar-refractivity contribution in [1.82, 2.24) is 0 Å². The van der Waals surface area contributed by atoms with Crippen molar-refractivity contribution in [2.45, 2.75) is 38.7 Å².